The van der Waals surface area contributed by atoms with E-state index in [0.29, 0.717) is 0 Å². The largest absolute Gasteiger partial charge is 0.273 e. The number of aromatic nitrogens is 6. The second-order valence-corrected chi connectivity index (χ2v) is 7.74. The maximum absolute atomic E-state index is 4.95. The number of thiophene rings is 1. The van der Waals surface area contributed by atoms with Crippen molar-refractivity contribution in [3.05, 3.63) is 47.7 Å². The molecule has 5 aromatic heterocycles. The summed E-state index contributed by atoms with van der Waals surface area (Å²) in [6, 6.07) is 8.54. The Bertz CT molecular complexity index is 1290. The van der Waals surface area contributed by atoms with Gasteiger partial charge in [-0.05, 0) is 30.7 Å². The normalized spacial score (nSPS) is 11.7. The van der Waals surface area contributed by atoms with Crippen LogP contribution in [0.2, 0.25) is 0 Å². The standard InChI is InChI=1S/C20H18N6S/c1-4-14-8-16-15(18-5-6-22-26(18)3)9-17(23-20(16)27-14)12-7-13-11-25(2)24-19(13)21-10-12/h5-11H,4H2,1-3H3. The van der Waals surface area contributed by atoms with Crippen LogP contribution in [0.3, 0.4) is 0 Å². The van der Waals surface area contributed by atoms with Crippen molar-refractivity contribution in [2.75, 3.05) is 0 Å². The first-order valence-electron chi connectivity index (χ1n) is 8.84. The molecule has 5 rings (SSSR count). The number of rotatable bonds is 3. The third kappa shape index (κ3) is 2.62. The van der Waals surface area contributed by atoms with Crippen molar-refractivity contribution >= 4 is 32.6 Å². The summed E-state index contributed by atoms with van der Waals surface area (Å²) in [7, 11) is 3.88. The minimum atomic E-state index is 0.749. The Balaban J connectivity index is 1.77. The summed E-state index contributed by atoms with van der Waals surface area (Å²) in [5.74, 6) is 0. The average molecular weight is 374 g/mol. The third-order valence-electron chi connectivity index (χ3n) is 4.77. The highest BCUT2D eigenvalue weighted by molar-refractivity contribution is 7.18. The summed E-state index contributed by atoms with van der Waals surface area (Å²) >= 11 is 1.75. The van der Waals surface area contributed by atoms with Crippen molar-refractivity contribution in [3.63, 3.8) is 0 Å². The van der Waals surface area contributed by atoms with Gasteiger partial charge >= 0.3 is 0 Å². The topological polar surface area (TPSA) is 61.4 Å². The molecule has 7 heteroatoms. The summed E-state index contributed by atoms with van der Waals surface area (Å²) in [6.07, 6.45) is 6.67. The Morgan fingerprint density at radius 2 is 2.04 bits per heavy atom. The van der Waals surface area contributed by atoms with Gasteiger partial charge in [0, 0.05) is 59.5 Å². The van der Waals surface area contributed by atoms with Crippen molar-refractivity contribution in [2.24, 2.45) is 14.1 Å². The Labute approximate surface area is 160 Å². The van der Waals surface area contributed by atoms with Crippen LogP contribution in [-0.4, -0.2) is 29.5 Å². The first kappa shape index (κ1) is 16.1. The van der Waals surface area contributed by atoms with Crippen LogP contribution in [0.4, 0.5) is 0 Å². The predicted octanol–water partition coefficient (Wildman–Crippen LogP) is 4.21. The van der Waals surface area contributed by atoms with E-state index in [1.165, 1.54) is 10.3 Å². The SMILES string of the molecule is CCc1cc2c(-c3ccnn3C)cc(-c3cnc4nn(C)cc4c3)nc2s1. The van der Waals surface area contributed by atoms with Gasteiger partial charge in [0.15, 0.2) is 5.65 Å². The third-order valence-corrected chi connectivity index (χ3v) is 5.94. The molecule has 0 aliphatic rings. The van der Waals surface area contributed by atoms with Crippen LogP contribution in [0.5, 0.6) is 0 Å². The lowest BCUT2D eigenvalue weighted by atomic mass is 10.0. The van der Waals surface area contributed by atoms with Gasteiger partial charge in [-0.3, -0.25) is 9.36 Å². The van der Waals surface area contributed by atoms with Crippen molar-refractivity contribution in [2.45, 2.75) is 13.3 Å². The summed E-state index contributed by atoms with van der Waals surface area (Å²) in [4.78, 5) is 11.8. The number of pyridine rings is 2. The first-order valence-corrected chi connectivity index (χ1v) is 9.65. The van der Waals surface area contributed by atoms with Gasteiger partial charge in [-0.25, -0.2) is 9.97 Å². The van der Waals surface area contributed by atoms with E-state index < -0.39 is 0 Å². The van der Waals surface area contributed by atoms with E-state index in [0.717, 1.165) is 44.8 Å². The molecule has 0 aliphatic carbocycles. The molecule has 0 aromatic carbocycles. The van der Waals surface area contributed by atoms with Gasteiger partial charge in [0.25, 0.3) is 0 Å². The molecule has 0 unspecified atom stereocenters. The quantitative estimate of drug-likeness (QED) is 0.475. The molecule has 27 heavy (non-hydrogen) atoms. The zero-order valence-electron chi connectivity index (χ0n) is 15.3. The zero-order valence-corrected chi connectivity index (χ0v) is 16.2. The van der Waals surface area contributed by atoms with Crippen molar-refractivity contribution < 1.29 is 0 Å². The summed E-state index contributed by atoms with van der Waals surface area (Å²) in [6.45, 7) is 2.18. The molecular formula is C20H18N6S. The monoisotopic (exact) mass is 374 g/mol. The molecule has 0 saturated carbocycles. The predicted molar refractivity (Wildman–Crippen MR) is 109 cm³/mol. The van der Waals surface area contributed by atoms with Crippen molar-refractivity contribution in [1.82, 2.24) is 29.5 Å². The van der Waals surface area contributed by atoms with Crippen molar-refractivity contribution in [3.8, 4) is 22.5 Å². The molecular weight excluding hydrogens is 356 g/mol. The molecule has 5 heterocycles. The molecule has 134 valence electrons. The minimum absolute atomic E-state index is 0.749. The number of hydrogen-bond acceptors (Lipinski definition) is 5. The maximum Gasteiger partial charge on any atom is 0.181 e. The Hall–Kier alpha value is -3.06. The molecule has 0 N–H and O–H groups in total. The first-order chi connectivity index (χ1) is 13.1. The van der Waals surface area contributed by atoms with E-state index in [-0.39, 0.29) is 0 Å². The smallest absolute Gasteiger partial charge is 0.181 e. The molecule has 5 aromatic rings. The van der Waals surface area contributed by atoms with Gasteiger partial charge in [0.05, 0.1) is 11.4 Å². The number of fused-ring (bicyclic) bond motifs is 2. The molecule has 0 bridgehead atoms. The second kappa shape index (κ2) is 5.99. The Morgan fingerprint density at radius 1 is 1.15 bits per heavy atom. The van der Waals surface area contributed by atoms with Crippen LogP contribution in [-0.2, 0) is 20.5 Å². The van der Waals surface area contributed by atoms with Crippen LogP contribution in [0, 0.1) is 0 Å². The van der Waals surface area contributed by atoms with Gasteiger partial charge in [-0.2, -0.15) is 10.2 Å². The molecule has 0 radical (unpaired) electrons. The van der Waals surface area contributed by atoms with E-state index in [9.17, 15) is 0 Å². The molecule has 0 spiro atoms. The summed E-state index contributed by atoms with van der Waals surface area (Å²) < 4.78 is 3.69. The lowest BCUT2D eigenvalue weighted by Gasteiger charge is -2.08. The van der Waals surface area contributed by atoms with E-state index in [4.69, 9.17) is 4.98 Å². The zero-order chi connectivity index (χ0) is 18.5. The van der Waals surface area contributed by atoms with E-state index in [2.05, 4.69) is 40.3 Å². The van der Waals surface area contributed by atoms with E-state index in [1.54, 1.807) is 16.0 Å². The van der Waals surface area contributed by atoms with Gasteiger partial charge in [0.2, 0.25) is 0 Å². The molecule has 0 amide bonds. The molecule has 6 nitrogen and oxygen atoms in total. The van der Waals surface area contributed by atoms with Crippen LogP contribution in [0.25, 0.3) is 43.8 Å². The van der Waals surface area contributed by atoms with Crippen LogP contribution in [0.15, 0.2) is 42.9 Å². The van der Waals surface area contributed by atoms with Gasteiger partial charge in [0.1, 0.15) is 4.83 Å². The minimum Gasteiger partial charge on any atom is -0.273 e. The lowest BCUT2D eigenvalue weighted by molar-refractivity contribution is 0.776. The highest BCUT2D eigenvalue weighted by Gasteiger charge is 2.15. The average Bonchev–Trinajstić information content (AvgIpc) is 3.36. The molecule has 0 atom stereocenters. The lowest BCUT2D eigenvalue weighted by Crippen LogP contribution is -1.95. The molecule has 0 aliphatic heterocycles. The molecule has 0 fully saturated rings. The Morgan fingerprint density at radius 3 is 2.81 bits per heavy atom. The maximum atomic E-state index is 4.95. The van der Waals surface area contributed by atoms with Crippen LogP contribution in [0.1, 0.15) is 11.8 Å². The Kier molecular flexibility index (Phi) is 3.58. The van der Waals surface area contributed by atoms with Crippen molar-refractivity contribution in [1.29, 1.82) is 0 Å². The van der Waals surface area contributed by atoms with E-state index in [1.807, 2.05) is 43.4 Å². The fourth-order valence-electron chi connectivity index (χ4n) is 3.41. The number of nitrogens with zero attached hydrogens (tertiary/aromatic N) is 6. The summed E-state index contributed by atoms with van der Waals surface area (Å²) in [5, 5.41) is 10.9. The fraction of sp³-hybridized carbons (Fsp3) is 0.200. The fourth-order valence-corrected chi connectivity index (χ4v) is 4.40. The van der Waals surface area contributed by atoms with Gasteiger partial charge < -0.3 is 0 Å². The highest BCUT2D eigenvalue weighted by Crippen LogP contribution is 2.36. The van der Waals surface area contributed by atoms with Crippen LogP contribution >= 0.6 is 11.3 Å². The molecule has 0 saturated heterocycles. The summed E-state index contributed by atoms with van der Waals surface area (Å²) in [5.41, 5.74) is 4.89. The highest BCUT2D eigenvalue weighted by atomic mass is 32.1. The number of hydrogen-bond donors (Lipinski definition) is 0. The van der Waals surface area contributed by atoms with E-state index >= 15 is 0 Å². The van der Waals surface area contributed by atoms with Gasteiger partial charge in [-0.1, -0.05) is 6.92 Å². The van der Waals surface area contributed by atoms with Gasteiger partial charge in [-0.15, -0.1) is 11.3 Å². The second-order valence-electron chi connectivity index (χ2n) is 6.62. The number of aryl methyl sites for hydroxylation is 3. The van der Waals surface area contributed by atoms with Crippen LogP contribution < -0.4 is 0 Å².